The highest BCUT2D eigenvalue weighted by molar-refractivity contribution is 5.81. The lowest BCUT2D eigenvalue weighted by Gasteiger charge is -2.12. The first-order valence-electron chi connectivity index (χ1n) is 7.45. The van der Waals surface area contributed by atoms with Gasteiger partial charge in [0, 0.05) is 25.9 Å². The zero-order chi connectivity index (χ0) is 16.1. The Balaban J connectivity index is 2.23. The molecule has 22 heavy (non-hydrogen) atoms. The lowest BCUT2D eigenvalue weighted by atomic mass is 10.3. The predicted octanol–water partition coefficient (Wildman–Crippen LogP) is 1.24. The third-order valence-corrected chi connectivity index (χ3v) is 3.21. The molecule has 1 heterocycles. The summed E-state index contributed by atoms with van der Waals surface area (Å²) in [7, 11) is 0. The minimum Gasteiger partial charge on any atom is -0.356 e. The van der Waals surface area contributed by atoms with Gasteiger partial charge in [0.2, 0.25) is 11.8 Å². The summed E-state index contributed by atoms with van der Waals surface area (Å²) in [6.07, 6.45) is 0.587. The molecule has 6 nitrogen and oxygen atoms in total. The third kappa shape index (κ3) is 4.07. The van der Waals surface area contributed by atoms with Crippen LogP contribution in [0.4, 0.5) is 0 Å². The number of hydrogen-bond acceptors (Lipinski definition) is 3. The smallest absolute Gasteiger partial charge is 0.240 e. The Kier molecular flexibility index (Phi) is 5.14. The normalized spacial score (nSPS) is 10.9. The van der Waals surface area contributed by atoms with Crippen molar-refractivity contribution in [3.05, 3.63) is 30.1 Å². The summed E-state index contributed by atoms with van der Waals surface area (Å²) in [5.74, 6) is 0.688. The van der Waals surface area contributed by atoms with Crippen molar-refractivity contribution in [3.8, 4) is 0 Å². The van der Waals surface area contributed by atoms with Crippen LogP contribution in [0.5, 0.6) is 0 Å². The van der Waals surface area contributed by atoms with E-state index in [9.17, 15) is 9.59 Å². The maximum absolute atomic E-state index is 12.1. The number of fused-ring (bicyclic) bond motifs is 1. The van der Waals surface area contributed by atoms with Crippen LogP contribution in [0.3, 0.4) is 0 Å². The molecule has 1 aromatic heterocycles. The number of amides is 2. The number of hydrogen-bond donors (Lipinski definition) is 2. The molecule has 1 aromatic carbocycles. The molecule has 0 atom stereocenters. The lowest BCUT2D eigenvalue weighted by molar-refractivity contribution is -0.122. The van der Waals surface area contributed by atoms with E-state index in [0.29, 0.717) is 13.0 Å². The van der Waals surface area contributed by atoms with Gasteiger partial charge in [-0.15, -0.1) is 0 Å². The van der Waals surface area contributed by atoms with Crippen LogP contribution in [0.1, 0.15) is 26.6 Å². The summed E-state index contributed by atoms with van der Waals surface area (Å²) in [5.41, 5.74) is 1.79. The molecule has 0 saturated heterocycles. The Morgan fingerprint density at radius 3 is 2.68 bits per heavy atom. The summed E-state index contributed by atoms with van der Waals surface area (Å²) in [6, 6.07) is 7.83. The molecule has 2 amide bonds. The largest absolute Gasteiger partial charge is 0.356 e. The number of para-hydroxylation sites is 2. The van der Waals surface area contributed by atoms with Crippen LogP contribution in [0.25, 0.3) is 11.0 Å². The standard InChI is InChI=1S/C16H22N4O2/c1-11(2)18-16(22)10-20-14-7-5-4-6-13(14)19-15(20)8-9-17-12(3)21/h4-7,11H,8-10H2,1-3H3,(H,17,21)(H,18,22). The van der Waals surface area contributed by atoms with Gasteiger partial charge in [-0.05, 0) is 26.0 Å². The first-order valence-corrected chi connectivity index (χ1v) is 7.45. The van der Waals surface area contributed by atoms with Crippen molar-refractivity contribution in [2.45, 2.75) is 39.8 Å². The van der Waals surface area contributed by atoms with Crippen molar-refractivity contribution in [1.82, 2.24) is 20.2 Å². The highest BCUT2D eigenvalue weighted by Crippen LogP contribution is 2.16. The van der Waals surface area contributed by atoms with Crippen molar-refractivity contribution in [3.63, 3.8) is 0 Å². The third-order valence-electron chi connectivity index (χ3n) is 3.21. The average molecular weight is 302 g/mol. The van der Waals surface area contributed by atoms with Crippen molar-refractivity contribution in [2.75, 3.05) is 6.54 Å². The molecule has 2 N–H and O–H groups in total. The van der Waals surface area contributed by atoms with E-state index >= 15 is 0 Å². The molecule has 0 fully saturated rings. The van der Waals surface area contributed by atoms with Gasteiger partial charge in [-0.3, -0.25) is 9.59 Å². The van der Waals surface area contributed by atoms with Crippen LogP contribution in [0.15, 0.2) is 24.3 Å². The van der Waals surface area contributed by atoms with E-state index < -0.39 is 0 Å². The molecular weight excluding hydrogens is 280 g/mol. The molecule has 0 radical (unpaired) electrons. The highest BCUT2D eigenvalue weighted by Gasteiger charge is 2.13. The molecular formula is C16H22N4O2. The fourth-order valence-electron chi connectivity index (χ4n) is 2.35. The Morgan fingerprint density at radius 2 is 2.00 bits per heavy atom. The number of carbonyl (C=O) groups is 2. The molecule has 2 rings (SSSR count). The number of carbonyl (C=O) groups excluding carboxylic acids is 2. The number of nitrogens with zero attached hydrogens (tertiary/aromatic N) is 2. The second kappa shape index (κ2) is 7.06. The van der Waals surface area contributed by atoms with Gasteiger partial charge in [-0.25, -0.2) is 4.98 Å². The second-order valence-electron chi connectivity index (χ2n) is 5.56. The van der Waals surface area contributed by atoms with Crippen LogP contribution in [-0.2, 0) is 22.6 Å². The van der Waals surface area contributed by atoms with Gasteiger partial charge in [0.05, 0.1) is 11.0 Å². The Morgan fingerprint density at radius 1 is 1.27 bits per heavy atom. The fourth-order valence-corrected chi connectivity index (χ4v) is 2.35. The van der Waals surface area contributed by atoms with Crippen LogP contribution < -0.4 is 10.6 Å². The molecule has 2 aromatic rings. The Labute approximate surface area is 129 Å². The van der Waals surface area contributed by atoms with Gasteiger partial charge in [-0.1, -0.05) is 12.1 Å². The Hall–Kier alpha value is -2.37. The number of aromatic nitrogens is 2. The quantitative estimate of drug-likeness (QED) is 0.843. The monoisotopic (exact) mass is 302 g/mol. The van der Waals surface area contributed by atoms with E-state index in [1.54, 1.807) is 0 Å². The van der Waals surface area contributed by atoms with Crippen LogP contribution in [-0.4, -0.2) is 34.0 Å². The summed E-state index contributed by atoms with van der Waals surface area (Å²) < 4.78 is 1.91. The van der Waals surface area contributed by atoms with Crippen LogP contribution in [0.2, 0.25) is 0 Å². The lowest BCUT2D eigenvalue weighted by Crippen LogP contribution is -2.33. The van der Waals surface area contributed by atoms with Gasteiger partial charge in [0.1, 0.15) is 12.4 Å². The minimum atomic E-state index is -0.0692. The van der Waals surface area contributed by atoms with Crippen LogP contribution in [0, 0.1) is 0 Å². The van der Waals surface area contributed by atoms with Crippen molar-refractivity contribution in [2.24, 2.45) is 0 Å². The summed E-state index contributed by atoms with van der Waals surface area (Å²) >= 11 is 0. The van der Waals surface area contributed by atoms with E-state index in [-0.39, 0.29) is 24.4 Å². The number of benzene rings is 1. The molecule has 0 aliphatic rings. The fraction of sp³-hybridized carbons (Fsp3) is 0.438. The second-order valence-corrected chi connectivity index (χ2v) is 5.56. The Bertz CT molecular complexity index is 676. The van der Waals surface area contributed by atoms with Gasteiger partial charge in [0.25, 0.3) is 0 Å². The van der Waals surface area contributed by atoms with Crippen LogP contribution >= 0.6 is 0 Å². The first kappa shape index (κ1) is 16.0. The molecule has 0 saturated carbocycles. The molecule has 0 aliphatic carbocycles. The topological polar surface area (TPSA) is 76.0 Å². The van der Waals surface area contributed by atoms with Crippen molar-refractivity contribution < 1.29 is 9.59 Å². The molecule has 0 spiro atoms. The molecule has 0 unspecified atom stereocenters. The molecule has 0 aliphatic heterocycles. The summed E-state index contributed by atoms with van der Waals surface area (Å²) in [4.78, 5) is 27.6. The summed E-state index contributed by atoms with van der Waals surface area (Å²) in [6.45, 7) is 6.08. The molecule has 6 heteroatoms. The van der Waals surface area contributed by atoms with E-state index in [4.69, 9.17) is 0 Å². The molecule has 118 valence electrons. The van der Waals surface area contributed by atoms with Crippen molar-refractivity contribution in [1.29, 1.82) is 0 Å². The number of nitrogens with one attached hydrogen (secondary N) is 2. The molecule has 0 bridgehead atoms. The van der Waals surface area contributed by atoms with E-state index in [2.05, 4.69) is 15.6 Å². The highest BCUT2D eigenvalue weighted by atomic mass is 16.2. The van der Waals surface area contributed by atoms with Gasteiger partial charge < -0.3 is 15.2 Å². The van der Waals surface area contributed by atoms with Gasteiger partial charge in [0.15, 0.2) is 0 Å². The maximum atomic E-state index is 12.1. The summed E-state index contributed by atoms with van der Waals surface area (Å²) in [5, 5.41) is 5.65. The number of imidazole rings is 1. The average Bonchev–Trinajstić information content (AvgIpc) is 2.76. The predicted molar refractivity (Wildman–Crippen MR) is 85.4 cm³/mol. The maximum Gasteiger partial charge on any atom is 0.240 e. The van der Waals surface area contributed by atoms with Gasteiger partial charge >= 0.3 is 0 Å². The van der Waals surface area contributed by atoms with Crippen molar-refractivity contribution >= 4 is 22.8 Å². The number of rotatable bonds is 6. The van der Waals surface area contributed by atoms with E-state index in [1.807, 2.05) is 42.7 Å². The minimum absolute atomic E-state index is 0.0427. The van der Waals surface area contributed by atoms with Gasteiger partial charge in [-0.2, -0.15) is 0 Å². The SMILES string of the molecule is CC(=O)NCCc1nc2ccccc2n1CC(=O)NC(C)C. The van der Waals surface area contributed by atoms with E-state index in [1.165, 1.54) is 6.92 Å². The van der Waals surface area contributed by atoms with E-state index in [0.717, 1.165) is 16.9 Å². The zero-order valence-corrected chi connectivity index (χ0v) is 13.2. The first-order chi connectivity index (χ1) is 10.5. The zero-order valence-electron chi connectivity index (χ0n) is 13.2.